The summed E-state index contributed by atoms with van der Waals surface area (Å²) in [6.07, 6.45) is 4.38. The van der Waals surface area contributed by atoms with Crippen LogP contribution < -0.4 is 10.6 Å². The van der Waals surface area contributed by atoms with Gasteiger partial charge < -0.3 is 10.6 Å². The Morgan fingerprint density at radius 3 is 2.76 bits per heavy atom. The molecule has 1 unspecified atom stereocenters. The molecule has 0 aliphatic heterocycles. The molecular formula is C12H20N4O. The molecule has 1 amide bonds. The number of aromatic nitrogens is 2. The quantitative estimate of drug-likeness (QED) is 0.766. The number of hydrogen-bond donors (Lipinski definition) is 2. The van der Waals surface area contributed by atoms with Gasteiger partial charge >= 0.3 is 0 Å². The molecule has 1 rings (SSSR count). The number of nitrogens with zero attached hydrogens (tertiary/aromatic N) is 2. The fourth-order valence-corrected chi connectivity index (χ4v) is 1.17. The van der Waals surface area contributed by atoms with Crippen molar-refractivity contribution in [3.63, 3.8) is 0 Å². The summed E-state index contributed by atoms with van der Waals surface area (Å²) in [6, 6.07) is 0.361. The van der Waals surface area contributed by atoms with E-state index in [9.17, 15) is 4.79 Å². The van der Waals surface area contributed by atoms with Gasteiger partial charge in [-0.1, -0.05) is 6.92 Å². The van der Waals surface area contributed by atoms with E-state index in [1.54, 1.807) is 12.4 Å². The van der Waals surface area contributed by atoms with Crippen molar-refractivity contribution in [3.8, 4) is 0 Å². The molecule has 1 aromatic heterocycles. The van der Waals surface area contributed by atoms with E-state index in [0.717, 1.165) is 17.8 Å². The minimum absolute atomic E-state index is 0.0207. The smallest absolute Gasteiger partial charge is 0.234 e. The third kappa shape index (κ3) is 5.40. The summed E-state index contributed by atoms with van der Waals surface area (Å²) < 4.78 is 0. The van der Waals surface area contributed by atoms with Crippen molar-refractivity contribution in [1.29, 1.82) is 0 Å². The van der Waals surface area contributed by atoms with E-state index in [1.165, 1.54) is 0 Å². The number of amides is 1. The van der Waals surface area contributed by atoms with Crippen LogP contribution in [-0.2, 0) is 11.3 Å². The first-order chi connectivity index (χ1) is 8.11. The maximum atomic E-state index is 11.5. The molecule has 2 N–H and O–H groups in total. The number of hydrogen-bond acceptors (Lipinski definition) is 4. The summed E-state index contributed by atoms with van der Waals surface area (Å²) in [7, 11) is 0. The van der Waals surface area contributed by atoms with E-state index in [0.29, 0.717) is 19.1 Å². The fraction of sp³-hybridized carbons (Fsp3) is 0.583. The van der Waals surface area contributed by atoms with Gasteiger partial charge in [-0.05, 0) is 20.3 Å². The van der Waals surface area contributed by atoms with E-state index in [2.05, 4.69) is 34.4 Å². The first-order valence-electron chi connectivity index (χ1n) is 5.89. The zero-order valence-corrected chi connectivity index (χ0v) is 10.7. The van der Waals surface area contributed by atoms with Crippen molar-refractivity contribution in [2.45, 2.75) is 39.8 Å². The van der Waals surface area contributed by atoms with Gasteiger partial charge in [-0.25, -0.2) is 0 Å². The van der Waals surface area contributed by atoms with Gasteiger partial charge in [0.1, 0.15) is 0 Å². The molecule has 0 aliphatic rings. The second-order valence-corrected chi connectivity index (χ2v) is 4.12. The Labute approximate surface area is 102 Å². The maximum Gasteiger partial charge on any atom is 0.234 e. The van der Waals surface area contributed by atoms with Crippen molar-refractivity contribution in [2.24, 2.45) is 0 Å². The van der Waals surface area contributed by atoms with Gasteiger partial charge in [-0.15, -0.1) is 0 Å². The van der Waals surface area contributed by atoms with Gasteiger partial charge in [-0.2, -0.15) is 0 Å². The summed E-state index contributed by atoms with van der Waals surface area (Å²) >= 11 is 0. The minimum atomic E-state index is -0.0207. The lowest BCUT2D eigenvalue weighted by molar-refractivity contribution is -0.120. The molecule has 1 heterocycles. The van der Waals surface area contributed by atoms with Crippen LogP contribution in [0.2, 0.25) is 0 Å². The Balaban J connectivity index is 2.26. The van der Waals surface area contributed by atoms with Crippen molar-refractivity contribution in [2.75, 3.05) is 6.54 Å². The summed E-state index contributed by atoms with van der Waals surface area (Å²) in [6.45, 7) is 6.78. The van der Waals surface area contributed by atoms with Crippen LogP contribution in [0, 0.1) is 6.92 Å². The first kappa shape index (κ1) is 13.6. The monoisotopic (exact) mass is 236 g/mol. The van der Waals surface area contributed by atoms with Crippen LogP contribution in [0.5, 0.6) is 0 Å². The molecule has 5 nitrogen and oxygen atoms in total. The normalized spacial score (nSPS) is 12.2. The Kier molecular flexibility index (Phi) is 5.56. The van der Waals surface area contributed by atoms with E-state index in [4.69, 9.17) is 0 Å². The predicted octanol–water partition coefficient (Wildman–Crippen LogP) is 0.789. The van der Waals surface area contributed by atoms with Crippen LogP contribution in [0.3, 0.4) is 0 Å². The van der Waals surface area contributed by atoms with Gasteiger partial charge in [-0.3, -0.25) is 14.8 Å². The topological polar surface area (TPSA) is 66.9 Å². The lowest BCUT2D eigenvalue weighted by Gasteiger charge is -2.10. The van der Waals surface area contributed by atoms with Gasteiger partial charge in [0, 0.05) is 12.2 Å². The molecule has 1 aromatic rings. The highest BCUT2D eigenvalue weighted by atomic mass is 16.1. The molecule has 94 valence electrons. The summed E-state index contributed by atoms with van der Waals surface area (Å²) in [5, 5.41) is 5.92. The van der Waals surface area contributed by atoms with Crippen molar-refractivity contribution < 1.29 is 4.79 Å². The van der Waals surface area contributed by atoms with Gasteiger partial charge in [0.15, 0.2) is 0 Å². The lowest BCUT2D eigenvalue weighted by Crippen LogP contribution is -2.37. The average molecular weight is 236 g/mol. The summed E-state index contributed by atoms with van der Waals surface area (Å²) in [5.41, 5.74) is 1.64. The zero-order chi connectivity index (χ0) is 12.7. The number of nitrogens with one attached hydrogen (secondary N) is 2. The standard InChI is InChI=1S/C12H20N4O/c1-4-9(2)14-8-12(17)16-7-11-6-13-10(3)5-15-11/h5-6,9,14H,4,7-8H2,1-3H3,(H,16,17). The second kappa shape index (κ2) is 6.96. The summed E-state index contributed by atoms with van der Waals surface area (Å²) in [4.78, 5) is 19.8. The Bertz CT molecular complexity index is 350. The second-order valence-electron chi connectivity index (χ2n) is 4.12. The first-order valence-corrected chi connectivity index (χ1v) is 5.89. The SMILES string of the molecule is CCC(C)NCC(=O)NCc1cnc(C)cn1. The number of carbonyl (C=O) groups is 1. The molecule has 0 fully saturated rings. The molecule has 0 aliphatic carbocycles. The van der Waals surface area contributed by atoms with Crippen LogP contribution in [0.15, 0.2) is 12.4 Å². The highest BCUT2D eigenvalue weighted by molar-refractivity contribution is 5.77. The van der Waals surface area contributed by atoms with Crippen molar-refractivity contribution in [1.82, 2.24) is 20.6 Å². The van der Waals surface area contributed by atoms with E-state index in [-0.39, 0.29) is 5.91 Å². The molecule has 0 aromatic carbocycles. The molecule has 1 atom stereocenters. The molecular weight excluding hydrogens is 216 g/mol. The van der Waals surface area contributed by atoms with Crippen molar-refractivity contribution >= 4 is 5.91 Å². The largest absolute Gasteiger partial charge is 0.349 e. The van der Waals surface area contributed by atoms with Gasteiger partial charge in [0.25, 0.3) is 0 Å². The molecule has 0 saturated carbocycles. The van der Waals surface area contributed by atoms with Crippen LogP contribution in [0.25, 0.3) is 0 Å². The average Bonchev–Trinajstić information content (AvgIpc) is 2.35. The Hall–Kier alpha value is -1.49. The molecule has 5 heteroatoms. The van der Waals surface area contributed by atoms with E-state index in [1.807, 2.05) is 6.92 Å². The number of carbonyl (C=O) groups excluding carboxylic acids is 1. The van der Waals surface area contributed by atoms with E-state index < -0.39 is 0 Å². The Morgan fingerprint density at radius 2 is 2.18 bits per heavy atom. The Morgan fingerprint density at radius 1 is 1.41 bits per heavy atom. The highest BCUT2D eigenvalue weighted by Crippen LogP contribution is 1.93. The van der Waals surface area contributed by atoms with Crippen LogP contribution in [0.1, 0.15) is 31.7 Å². The van der Waals surface area contributed by atoms with Crippen LogP contribution in [0.4, 0.5) is 0 Å². The highest BCUT2D eigenvalue weighted by Gasteiger charge is 2.04. The number of aryl methyl sites for hydroxylation is 1. The maximum absolute atomic E-state index is 11.5. The minimum Gasteiger partial charge on any atom is -0.349 e. The molecule has 0 radical (unpaired) electrons. The molecule has 0 saturated heterocycles. The van der Waals surface area contributed by atoms with Gasteiger partial charge in [0.05, 0.1) is 30.7 Å². The predicted molar refractivity (Wildman–Crippen MR) is 66.4 cm³/mol. The number of rotatable bonds is 6. The third-order valence-electron chi connectivity index (χ3n) is 2.52. The fourth-order valence-electron chi connectivity index (χ4n) is 1.17. The van der Waals surface area contributed by atoms with Crippen LogP contribution in [-0.4, -0.2) is 28.5 Å². The van der Waals surface area contributed by atoms with Gasteiger partial charge in [0.2, 0.25) is 5.91 Å². The molecule has 0 bridgehead atoms. The van der Waals surface area contributed by atoms with E-state index >= 15 is 0 Å². The molecule has 17 heavy (non-hydrogen) atoms. The zero-order valence-electron chi connectivity index (χ0n) is 10.7. The summed E-state index contributed by atoms with van der Waals surface area (Å²) in [5.74, 6) is -0.0207. The third-order valence-corrected chi connectivity index (χ3v) is 2.52. The van der Waals surface area contributed by atoms with Crippen molar-refractivity contribution in [3.05, 3.63) is 23.8 Å². The van der Waals surface area contributed by atoms with Crippen LogP contribution >= 0.6 is 0 Å². The molecule has 0 spiro atoms. The lowest BCUT2D eigenvalue weighted by atomic mass is 10.2.